The molecule has 6 rings (SSSR count). The van der Waals surface area contributed by atoms with Gasteiger partial charge >= 0.3 is 0 Å². The molecule has 2 heterocycles. The number of nitrogens with zero attached hydrogens (tertiary/aromatic N) is 2. The number of aryl methyl sites for hydroxylation is 2. The lowest BCUT2D eigenvalue weighted by atomic mass is 9.97. The predicted octanol–water partition coefficient (Wildman–Crippen LogP) is 12.0. The van der Waals surface area contributed by atoms with Gasteiger partial charge in [-0.05, 0) is 65.8 Å². The number of anilines is 4. The third kappa shape index (κ3) is 9.39. The van der Waals surface area contributed by atoms with Crippen LogP contribution < -0.4 is 9.80 Å². The normalized spacial score (nSPS) is 11.7. The van der Waals surface area contributed by atoms with Crippen LogP contribution in [-0.2, 0) is 12.8 Å². The molecule has 0 fully saturated rings. The van der Waals surface area contributed by atoms with E-state index in [0.717, 1.165) is 0 Å². The second kappa shape index (κ2) is 20.2. The second-order valence-corrected chi connectivity index (χ2v) is 8.68. The van der Waals surface area contributed by atoms with E-state index in [1.165, 1.54) is 64.3 Å². The fourth-order valence-electron chi connectivity index (χ4n) is 4.88. The molecule has 2 nitrogen and oxygen atoms in total. The summed E-state index contributed by atoms with van der Waals surface area (Å²) in [7, 11) is 4.29. The van der Waals surface area contributed by atoms with Crippen LogP contribution in [0.4, 0.5) is 22.7 Å². The zero-order valence-corrected chi connectivity index (χ0v) is 27.4. The van der Waals surface area contributed by atoms with E-state index in [4.69, 9.17) is 0 Å². The molecule has 2 aliphatic rings. The van der Waals surface area contributed by atoms with Crippen molar-refractivity contribution in [2.75, 3.05) is 23.9 Å². The minimum Gasteiger partial charge on any atom is -0.344 e. The third-order valence-corrected chi connectivity index (χ3v) is 6.64. The summed E-state index contributed by atoms with van der Waals surface area (Å²) in [5.41, 5.74) is 10.7. The van der Waals surface area contributed by atoms with Crippen molar-refractivity contribution in [3.8, 4) is 0 Å². The fourth-order valence-corrected chi connectivity index (χ4v) is 4.88. The molecule has 41 heavy (non-hydrogen) atoms. The summed E-state index contributed by atoms with van der Waals surface area (Å²) in [5.74, 6) is 0. The summed E-state index contributed by atoms with van der Waals surface area (Å²) in [6, 6.07) is 34.4. The minimum absolute atomic E-state index is 1.18. The van der Waals surface area contributed by atoms with Crippen LogP contribution in [0.1, 0.15) is 84.1 Å². The van der Waals surface area contributed by atoms with Gasteiger partial charge in [0.2, 0.25) is 0 Å². The zero-order chi connectivity index (χ0) is 30.6. The Labute approximate surface area is 252 Å². The van der Waals surface area contributed by atoms with Crippen molar-refractivity contribution in [2.45, 2.75) is 74.7 Å². The van der Waals surface area contributed by atoms with Gasteiger partial charge in [0.25, 0.3) is 0 Å². The van der Waals surface area contributed by atoms with Crippen LogP contribution >= 0.6 is 0 Å². The van der Waals surface area contributed by atoms with Crippen molar-refractivity contribution in [2.24, 2.45) is 0 Å². The topological polar surface area (TPSA) is 6.48 Å². The Kier molecular flexibility index (Phi) is 17.3. The Morgan fingerprint density at radius 2 is 0.683 bits per heavy atom. The Balaban J connectivity index is 0.000000331. The van der Waals surface area contributed by atoms with Gasteiger partial charge in [0.05, 0.1) is 0 Å². The molecule has 0 bridgehead atoms. The van der Waals surface area contributed by atoms with Crippen molar-refractivity contribution in [3.05, 3.63) is 119 Å². The molecule has 0 atom stereocenters. The molecule has 4 aromatic carbocycles. The first-order chi connectivity index (χ1) is 20.2. The van der Waals surface area contributed by atoms with Gasteiger partial charge in [0, 0.05) is 36.8 Å². The van der Waals surface area contributed by atoms with Crippen LogP contribution in [0.5, 0.6) is 0 Å². The van der Waals surface area contributed by atoms with Crippen LogP contribution in [0, 0.1) is 0 Å². The van der Waals surface area contributed by atoms with E-state index in [2.05, 4.69) is 133 Å². The molecule has 0 spiro atoms. The van der Waals surface area contributed by atoms with Crippen LogP contribution in [0.25, 0.3) is 12.2 Å². The first kappa shape index (κ1) is 35.2. The number of rotatable bonds is 0. The molecule has 0 radical (unpaired) electrons. The quantitative estimate of drug-likeness (QED) is 0.215. The van der Waals surface area contributed by atoms with Crippen LogP contribution in [0.2, 0.25) is 0 Å². The maximum atomic E-state index is 2.32. The number of fused-ring (bicyclic) bond motifs is 4. The molecule has 2 aliphatic heterocycles. The Hall–Kier alpha value is -3.78. The number of para-hydroxylation sites is 4. The van der Waals surface area contributed by atoms with Gasteiger partial charge < -0.3 is 9.80 Å². The van der Waals surface area contributed by atoms with E-state index >= 15 is 0 Å². The maximum absolute atomic E-state index is 2.32. The highest BCUT2D eigenvalue weighted by molar-refractivity contribution is 5.88. The monoisotopic (exact) mass is 550 g/mol. The first-order valence-corrected chi connectivity index (χ1v) is 15.7. The van der Waals surface area contributed by atoms with Crippen molar-refractivity contribution in [1.29, 1.82) is 0 Å². The molecule has 2 heteroatoms. The van der Waals surface area contributed by atoms with E-state index in [-0.39, 0.29) is 0 Å². The van der Waals surface area contributed by atoms with Crippen molar-refractivity contribution in [1.82, 2.24) is 0 Å². The van der Waals surface area contributed by atoms with E-state index in [1.807, 2.05) is 55.4 Å². The van der Waals surface area contributed by atoms with Crippen LogP contribution in [0.3, 0.4) is 0 Å². The molecule has 0 saturated carbocycles. The van der Waals surface area contributed by atoms with Gasteiger partial charge in [0.1, 0.15) is 0 Å². The summed E-state index contributed by atoms with van der Waals surface area (Å²) in [4.78, 5) is 4.56. The van der Waals surface area contributed by atoms with Crippen LogP contribution in [-0.4, -0.2) is 14.1 Å². The maximum Gasteiger partial charge on any atom is 0.0481 e. The molecule has 220 valence electrons. The van der Waals surface area contributed by atoms with Gasteiger partial charge in [-0.15, -0.1) is 0 Å². The predicted molar refractivity (Wildman–Crippen MR) is 188 cm³/mol. The molecule has 0 amide bonds. The molecule has 0 N–H and O–H groups in total. The van der Waals surface area contributed by atoms with Crippen molar-refractivity contribution < 1.29 is 0 Å². The Bertz CT molecular complexity index is 1190. The largest absolute Gasteiger partial charge is 0.344 e. The summed E-state index contributed by atoms with van der Waals surface area (Å²) in [6.45, 7) is 16.0. The lowest BCUT2D eigenvalue weighted by molar-refractivity contribution is 0.807. The Morgan fingerprint density at radius 1 is 0.390 bits per heavy atom. The molecule has 4 aromatic rings. The van der Waals surface area contributed by atoms with Gasteiger partial charge in [0.15, 0.2) is 0 Å². The van der Waals surface area contributed by atoms with Crippen molar-refractivity contribution in [3.63, 3.8) is 0 Å². The molecule has 0 saturated heterocycles. The highest BCUT2D eigenvalue weighted by Gasteiger charge is 2.15. The minimum atomic E-state index is 1.18. The fraction of sp³-hybridized carbons (Fsp3) is 0.333. The molecule has 0 unspecified atom stereocenters. The third-order valence-electron chi connectivity index (χ3n) is 6.64. The summed E-state index contributed by atoms with van der Waals surface area (Å²) < 4.78 is 0. The van der Waals surface area contributed by atoms with Gasteiger partial charge in [-0.25, -0.2) is 0 Å². The first-order valence-electron chi connectivity index (χ1n) is 15.7. The smallest absolute Gasteiger partial charge is 0.0481 e. The molecular formula is C39H54N2. The summed E-state index contributed by atoms with van der Waals surface area (Å²) in [5, 5.41) is 0. The van der Waals surface area contributed by atoms with E-state index in [0.29, 0.717) is 0 Å². The molecule has 0 aromatic heterocycles. The SMILES string of the molecule is CC.CC.CC.CC.CN1c2ccccc2C=Cc2ccccc21.CN1c2ccccc2CCCc2ccccc21. The van der Waals surface area contributed by atoms with E-state index < -0.39 is 0 Å². The molecule has 0 aliphatic carbocycles. The van der Waals surface area contributed by atoms with Gasteiger partial charge in [-0.1, -0.05) is 140 Å². The average Bonchev–Trinajstić information content (AvgIpc) is 3.21. The second-order valence-electron chi connectivity index (χ2n) is 8.68. The molecular weight excluding hydrogens is 496 g/mol. The van der Waals surface area contributed by atoms with E-state index in [1.54, 1.807) is 0 Å². The standard InChI is InChI=1S/C16H17N.C15H13N.4C2H6/c1-17-15-11-4-2-7-13(15)9-6-10-14-8-3-5-12-16(14)17;1-16-14-8-4-2-6-12(14)10-11-13-7-3-5-9-15(13)16;4*1-2/h2-5,7-8,11-12H,6,9-10H2,1H3;2-11H,1H3;4*1-2H3. The highest BCUT2D eigenvalue weighted by Crippen LogP contribution is 2.35. The summed E-state index contributed by atoms with van der Waals surface area (Å²) >= 11 is 0. The lowest BCUT2D eigenvalue weighted by Crippen LogP contribution is -2.15. The lowest BCUT2D eigenvalue weighted by Gasteiger charge is -2.27. The number of benzene rings is 4. The number of hydrogen-bond donors (Lipinski definition) is 0. The van der Waals surface area contributed by atoms with Crippen molar-refractivity contribution >= 4 is 34.9 Å². The number of hydrogen-bond acceptors (Lipinski definition) is 2. The zero-order valence-electron chi connectivity index (χ0n) is 27.4. The van der Waals surface area contributed by atoms with E-state index in [9.17, 15) is 0 Å². The summed E-state index contributed by atoms with van der Waals surface area (Å²) in [6.07, 6.45) is 7.95. The Morgan fingerprint density at radius 3 is 1.07 bits per heavy atom. The van der Waals surface area contributed by atoms with Crippen LogP contribution in [0.15, 0.2) is 97.1 Å². The van der Waals surface area contributed by atoms with Gasteiger partial charge in [-0.2, -0.15) is 0 Å². The van der Waals surface area contributed by atoms with Gasteiger partial charge in [-0.3, -0.25) is 0 Å². The average molecular weight is 551 g/mol. The highest BCUT2D eigenvalue weighted by atomic mass is 15.1.